The lowest BCUT2D eigenvalue weighted by atomic mass is 9.77. The first-order valence-electron chi connectivity index (χ1n) is 6.28. The first-order chi connectivity index (χ1) is 6.86. The van der Waals surface area contributed by atoms with Crippen LogP contribution in [0.4, 0.5) is 0 Å². The second kappa shape index (κ2) is 3.49. The third-order valence-electron chi connectivity index (χ3n) is 4.48. The fourth-order valence-electron chi connectivity index (χ4n) is 3.37. The van der Waals surface area contributed by atoms with Crippen LogP contribution in [0.15, 0.2) is 0 Å². The number of hydrogen-bond donors (Lipinski definition) is 1. The van der Waals surface area contributed by atoms with E-state index in [0.29, 0.717) is 18.2 Å². The molecule has 80 valence electrons. The molecule has 3 rings (SSSR count). The van der Waals surface area contributed by atoms with Crippen molar-refractivity contribution < 1.29 is 4.74 Å². The number of ether oxygens (including phenoxy) is 1. The number of hydrogen-bond acceptors (Lipinski definition) is 2. The molecule has 3 aliphatic rings. The van der Waals surface area contributed by atoms with E-state index in [1.807, 2.05) is 0 Å². The molecule has 2 heterocycles. The van der Waals surface area contributed by atoms with E-state index in [1.165, 1.54) is 38.5 Å². The lowest BCUT2D eigenvalue weighted by Crippen LogP contribution is -2.51. The Morgan fingerprint density at radius 1 is 1.14 bits per heavy atom. The van der Waals surface area contributed by atoms with Crippen LogP contribution < -0.4 is 5.32 Å². The summed E-state index contributed by atoms with van der Waals surface area (Å²) in [5.74, 6) is 0.953. The Morgan fingerprint density at radius 2 is 2.07 bits per heavy atom. The molecular formula is C12H21NO. The Kier molecular flexibility index (Phi) is 2.29. The highest BCUT2D eigenvalue weighted by molar-refractivity contribution is 4.98. The summed E-state index contributed by atoms with van der Waals surface area (Å²) >= 11 is 0. The van der Waals surface area contributed by atoms with Crippen LogP contribution in [0.5, 0.6) is 0 Å². The molecule has 3 fully saturated rings. The fraction of sp³-hybridized carbons (Fsp3) is 1.00. The van der Waals surface area contributed by atoms with Crippen molar-refractivity contribution in [2.24, 2.45) is 5.92 Å². The van der Waals surface area contributed by atoms with Crippen molar-refractivity contribution in [3.63, 3.8) is 0 Å². The minimum absolute atomic E-state index is 0.554. The van der Waals surface area contributed by atoms with Crippen molar-refractivity contribution in [2.45, 2.75) is 69.7 Å². The SMILES string of the molecule is CCC1CCC1NC1CC2CCC1O2. The minimum Gasteiger partial charge on any atom is -0.373 e. The average Bonchev–Trinajstić information content (AvgIpc) is 2.74. The van der Waals surface area contributed by atoms with Crippen LogP contribution in [0.3, 0.4) is 0 Å². The predicted octanol–water partition coefficient (Wildman–Crippen LogP) is 2.08. The highest BCUT2D eigenvalue weighted by atomic mass is 16.5. The smallest absolute Gasteiger partial charge is 0.0733 e. The quantitative estimate of drug-likeness (QED) is 0.744. The predicted molar refractivity (Wildman–Crippen MR) is 56.2 cm³/mol. The standard InChI is InChI=1S/C12H21NO/c1-2-8-3-5-10(8)13-11-7-9-4-6-12(11)14-9/h8-13H,2-7H2,1H3. The summed E-state index contributed by atoms with van der Waals surface area (Å²) in [5, 5.41) is 3.82. The zero-order valence-corrected chi connectivity index (χ0v) is 9.04. The van der Waals surface area contributed by atoms with Gasteiger partial charge in [-0.25, -0.2) is 0 Å². The van der Waals surface area contributed by atoms with Crippen LogP contribution in [0.25, 0.3) is 0 Å². The van der Waals surface area contributed by atoms with Gasteiger partial charge in [-0.15, -0.1) is 0 Å². The molecule has 0 aromatic rings. The van der Waals surface area contributed by atoms with Crippen LogP contribution in [-0.4, -0.2) is 24.3 Å². The molecule has 5 unspecified atom stereocenters. The van der Waals surface area contributed by atoms with Gasteiger partial charge in [0.25, 0.3) is 0 Å². The van der Waals surface area contributed by atoms with Gasteiger partial charge < -0.3 is 10.1 Å². The van der Waals surface area contributed by atoms with Crippen LogP contribution in [0, 0.1) is 5.92 Å². The third kappa shape index (κ3) is 1.40. The van der Waals surface area contributed by atoms with Crippen LogP contribution >= 0.6 is 0 Å². The van der Waals surface area contributed by atoms with Gasteiger partial charge in [0, 0.05) is 12.1 Å². The average molecular weight is 195 g/mol. The van der Waals surface area contributed by atoms with Gasteiger partial charge in [-0.2, -0.15) is 0 Å². The van der Waals surface area contributed by atoms with E-state index >= 15 is 0 Å². The van der Waals surface area contributed by atoms with Gasteiger partial charge in [0.2, 0.25) is 0 Å². The largest absolute Gasteiger partial charge is 0.373 e. The lowest BCUT2D eigenvalue weighted by molar-refractivity contribution is 0.0889. The molecule has 0 aromatic carbocycles. The van der Waals surface area contributed by atoms with Gasteiger partial charge >= 0.3 is 0 Å². The molecule has 1 aliphatic carbocycles. The van der Waals surface area contributed by atoms with E-state index in [4.69, 9.17) is 4.74 Å². The van der Waals surface area contributed by atoms with Gasteiger partial charge in [-0.05, 0) is 38.0 Å². The van der Waals surface area contributed by atoms with Crippen molar-refractivity contribution >= 4 is 0 Å². The second-order valence-electron chi connectivity index (χ2n) is 5.23. The highest BCUT2D eigenvalue weighted by Gasteiger charge is 2.43. The molecule has 1 N–H and O–H groups in total. The third-order valence-corrected chi connectivity index (χ3v) is 4.48. The molecule has 0 spiro atoms. The molecule has 2 aliphatic heterocycles. The maximum Gasteiger partial charge on any atom is 0.0733 e. The normalized spacial score (nSPS) is 50.8. The van der Waals surface area contributed by atoms with Crippen LogP contribution in [0.2, 0.25) is 0 Å². The zero-order chi connectivity index (χ0) is 9.54. The highest BCUT2D eigenvalue weighted by Crippen LogP contribution is 2.37. The molecule has 2 bridgehead atoms. The monoisotopic (exact) mass is 195 g/mol. The number of rotatable bonds is 3. The van der Waals surface area contributed by atoms with Crippen LogP contribution in [0.1, 0.15) is 45.4 Å². The first-order valence-corrected chi connectivity index (χ1v) is 6.28. The molecule has 0 amide bonds. The summed E-state index contributed by atoms with van der Waals surface area (Å²) in [7, 11) is 0. The van der Waals surface area contributed by atoms with Crippen molar-refractivity contribution in [3.05, 3.63) is 0 Å². The summed E-state index contributed by atoms with van der Waals surface area (Å²) in [5.41, 5.74) is 0. The van der Waals surface area contributed by atoms with E-state index in [0.717, 1.165) is 12.0 Å². The van der Waals surface area contributed by atoms with E-state index in [2.05, 4.69) is 12.2 Å². The minimum atomic E-state index is 0.554. The Balaban J connectivity index is 1.53. The van der Waals surface area contributed by atoms with E-state index < -0.39 is 0 Å². The molecule has 0 radical (unpaired) electrons. The molecule has 2 heteroatoms. The molecule has 0 aromatic heterocycles. The molecule has 2 saturated heterocycles. The molecule has 2 nitrogen and oxygen atoms in total. The van der Waals surface area contributed by atoms with Crippen molar-refractivity contribution in [3.8, 4) is 0 Å². The lowest BCUT2D eigenvalue weighted by Gasteiger charge is -2.39. The summed E-state index contributed by atoms with van der Waals surface area (Å²) in [6.07, 6.45) is 9.21. The first kappa shape index (κ1) is 9.17. The van der Waals surface area contributed by atoms with Crippen LogP contribution in [-0.2, 0) is 4.74 Å². The molecular weight excluding hydrogens is 174 g/mol. The van der Waals surface area contributed by atoms with E-state index in [-0.39, 0.29) is 0 Å². The summed E-state index contributed by atoms with van der Waals surface area (Å²) in [6, 6.07) is 1.50. The van der Waals surface area contributed by atoms with Gasteiger partial charge in [-0.3, -0.25) is 0 Å². The second-order valence-corrected chi connectivity index (χ2v) is 5.23. The maximum absolute atomic E-state index is 5.86. The topological polar surface area (TPSA) is 21.3 Å². The van der Waals surface area contributed by atoms with Gasteiger partial charge in [0.15, 0.2) is 0 Å². The van der Waals surface area contributed by atoms with Crippen molar-refractivity contribution in [1.82, 2.24) is 5.32 Å². The number of fused-ring (bicyclic) bond motifs is 2. The molecule has 5 atom stereocenters. The summed E-state index contributed by atoms with van der Waals surface area (Å²) < 4.78 is 5.86. The Morgan fingerprint density at radius 3 is 2.57 bits per heavy atom. The Hall–Kier alpha value is -0.0800. The Labute approximate surface area is 86.4 Å². The van der Waals surface area contributed by atoms with Crippen molar-refractivity contribution in [2.75, 3.05) is 0 Å². The van der Waals surface area contributed by atoms with Crippen molar-refractivity contribution in [1.29, 1.82) is 0 Å². The summed E-state index contributed by atoms with van der Waals surface area (Å²) in [6.45, 7) is 2.32. The van der Waals surface area contributed by atoms with Gasteiger partial charge in [0.05, 0.1) is 12.2 Å². The van der Waals surface area contributed by atoms with E-state index in [9.17, 15) is 0 Å². The fourth-order valence-corrected chi connectivity index (χ4v) is 3.37. The zero-order valence-electron chi connectivity index (χ0n) is 9.04. The Bertz CT molecular complexity index is 216. The van der Waals surface area contributed by atoms with Gasteiger partial charge in [-0.1, -0.05) is 13.3 Å². The van der Waals surface area contributed by atoms with Gasteiger partial charge in [0.1, 0.15) is 0 Å². The number of nitrogens with one attached hydrogen (secondary N) is 1. The molecule has 14 heavy (non-hydrogen) atoms. The molecule has 1 saturated carbocycles. The summed E-state index contributed by atoms with van der Waals surface area (Å²) in [4.78, 5) is 0. The van der Waals surface area contributed by atoms with E-state index in [1.54, 1.807) is 0 Å². The maximum atomic E-state index is 5.86.